The first-order valence-corrected chi connectivity index (χ1v) is 5.88. The molecule has 0 amide bonds. The van der Waals surface area contributed by atoms with Crippen molar-refractivity contribution in [1.29, 1.82) is 0 Å². The molecule has 2 rings (SSSR count). The minimum atomic E-state index is 0.491. The number of thioether (sulfide) groups is 1. The Morgan fingerprint density at radius 2 is 2.17 bits per heavy atom. The van der Waals surface area contributed by atoms with Gasteiger partial charge in [0, 0.05) is 5.92 Å². The van der Waals surface area contributed by atoms with Crippen molar-refractivity contribution >= 4 is 27.7 Å². The summed E-state index contributed by atoms with van der Waals surface area (Å²) < 4.78 is 5.65. The van der Waals surface area contributed by atoms with E-state index in [9.17, 15) is 0 Å². The van der Waals surface area contributed by atoms with Gasteiger partial charge in [-0.3, -0.25) is 0 Å². The Hall–Kier alpha value is -0.0300. The minimum absolute atomic E-state index is 0.491. The Morgan fingerprint density at radius 1 is 1.42 bits per heavy atom. The highest BCUT2D eigenvalue weighted by Gasteiger charge is 2.20. The summed E-state index contributed by atoms with van der Waals surface area (Å²) in [4.78, 5) is 4.16. The van der Waals surface area contributed by atoms with Crippen LogP contribution in [0.25, 0.3) is 0 Å². The molecule has 1 aromatic rings. The summed E-state index contributed by atoms with van der Waals surface area (Å²) in [5.74, 6) is 3.71. The lowest BCUT2D eigenvalue weighted by Gasteiger charge is -2.16. The highest BCUT2D eigenvalue weighted by Crippen LogP contribution is 2.30. The fraction of sp³-hybridized carbons (Fsp3) is 0.714. The fourth-order valence-electron chi connectivity index (χ4n) is 1.33. The number of hydrogen-bond acceptors (Lipinski definition) is 4. The van der Waals surface area contributed by atoms with Crippen molar-refractivity contribution in [1.82, 2.24) is 10.1 Å². The summed E-state index contributed by atoms with van der Waals surface area (Å²) >= 11 is 5.18. The van der Waals surface area contributed by atoms with E-state index in [0.717, 1.165) is 5.89 Å². The van der Waals surface area contributed by atoms with Crippen molar-refractivity contribution in [3.8, 4) is 0 Å². The molecule has 0 bridgehead atoms. The lowest BCUT2D eigenvalue weighted by atomic mass is 10.0. The van der Waals surface area contributed by atoms with Crippen LogP contribution in [-0.4, -0.2) is 21.6 Å². The van der Waals surface area contributed by atoms with Gasteiger partial charge in [-0.05, 0) is 45.4 Å². The first kappa shape index (κ1) is 8.56. The van der Waals surface area contributed by atoms with Gasteiger partial charge in [-0.1, -0.05) is 0 Å². The highest BCUT2D eigenvalue weighted by atomic mass is 79.9. The van der Waals surface area contributed by atoms with Crippen LogP contribution in [-0.2, 0) is 0 Å². The molecule has 0 aromatic carbocycles. The topological polar surface area (TPSA) is 38.9 Å². The molecule has 3 nitrogen and oxygen atoms in total. The minimum Gasteiger partial charge on any atom is -0.338 e. The van der Waals surface area contributed by atoms with Gasteiger partial charge in [0.05, 0.1) is 0 Å². The maximum atomic E-state index is 5.09. The molecule has 1 aromatic heterocycles. The van der Waals surface area contributed by atoms with E-state index in [1.807, 2.05) is 11.8 Å². The highest BCUT2D eigenvalue weighted by molar-refractivity contribution is 9.10. The number of halogens is 1. The van der Waals surface area contributed by atoms with Gasteiger partial charge in [0.25, 0.3) is 0 Å². The van der Waals surface area contributed by atoms with Gasteiger partial charge < -0.3 is 4.52 Å². The van der Waals surface area contributed by atoms with Crippen LogP contribution in [0.2, 0.25) is 0 Å². The lowest BCUT2D eigenvalue weighted by Crippen LogP contribution is -2.07. The van der Waals surface area contributed by atoms with Crippen LogP contribution >= 0.6 is 27.7 Å². The summed E-state index contributed by atoms with van der Waals surface area (Å²) in [6.07, 6.45) is 2.33. The van der Waals surface area contributed by atoms with Gasteiger partial charge >= 0.3 is 0 Å². The molecule has 1 aliphatic heterocycles. The van der Waals surface area contributed by atoms with Crippen LogP contribution in [0.1, 0.15) is 24.7 Å². The van der Waals surface area contributed by atoms with E-state index in [4.69, 9.17) is 4.52 Å². The number of nitrogens with zero attached hydrogens (tertiary/aromatic N) is 2. The first-order valence-electron chi connectivity index (χ1n) is 3.93. The summed E-state index contributed by atoms with van der Waals surface area (Å²) in [7, 11) is 0. The van der Waals surface area contributed by atoms with Crippen LogP contribution < -0.4 is 0 Å². The second kappa shape index (κ2) is 3.79. The van der Waals surface area contributed by atoms with Gasteiger partial charge in [0.15, 0.2) is 0 Å². The molecule has 5 heteroatoms. The van der Waals surface area contributed by atoms with Crippen molar-refractivity contribution in [3.63, 3.8) is 0 Å². The second-order valence-electron chi connectivity index (χ2n) is 2.79. The average molecular weight is 249 g/mol. The Labute approximate surface area is 83.4 Å². The predicted molar refractivity (Wildman–Crippen MR) is 51.3 cm³/mol. The largest absolute Gasteiger partial charge is 0.338 e. The smallest absolute Gasteiger partial charge is 0.238 e. The standard InChI is InChI=1S/C7H9BrN2OS/c8-7-9-6(11-10-7)5-1-3-12-4-2-5/h5H,1-4H2. The zero-order chi connectivity index (χ0) is 8.39. The van der Waals surface area contributed by atoms with Gasteiger partial charge in [0.2, 0.25) is 10.6 Å². The molecule has 0 unspecified atom stereocenters. The van der Waals surface area contributed by atoms with E-state index >= 15 is 0 Å². The summed E-state index contributed by atoms with van der Waals surface area (Å²) in [5.41, 5.74) is 0. The van der Waals surface area contributed by atoms with Gasteiger partial charge in [0.1, 0.15) is 0 Å². The fourth-order valence-corrected chi connectivity index (χ4v) is 2.68. The van der Waals surface area contributed by atoms with E-state index in [1.54, 1.807) is 0 Å². The second-order valence-corrected chi connectivity index (χ2v) is 4.72. The molecule has 0 saturated carbocycles. The van der Waals surface area contributed by atoms with Crippen LogP contribution in [0, 0.1) is 0 Å². The van der Waals surface area contributed by atoms with E-state index in [1.165, 1.54) is 24.3 Å². The molecule has 1 saturated heterocycles. The Kier molecular flexibility index (Phi) is 2.70. The molecule has 1 aliphatic rings. The third kappa shape index (κ3) is 1.82. The molecule has 0 atom stereocenters. The summed E-state index contributed by atoms with van der Waals surface area (Å²) in [6.45, 7) is 0. The van der Waals surface area contributed by atoms with Crippen LogP contribution in [0.5, 0.6) is 0 Å². The van der Waals surface area contributed by atoms with Crippen molar-refractivity contribution in [2.75, 3.05) is 11.5 Å². The van der Waals surface area contributed by atoms with E-state index in [2.05, 4.69) is 26.1 Å². The first-order chi connectivity index (χ1) is 5.86. The third-order valence-corrected chi connectivity index (χ3v) is 3.36. The third-order valence-electron chi connectivity index (χ3n) is 1.99. The molecule has 12 heavy (non-hydrogen) atoms. The Morgan fingerprint density at radius 3 is 2.75 bits per heavy atom. The van der Waals surface area contributed by atoms with Crippen molar-refractivity contribution < 1.29 is 4.52 Å². The van der Waals surface area contributed by atoms with E-state index in [0.29, 0.717) is 10.7 Å². The summed E-state index contributed by atoms with van der Waals surface area (Å²) in [5, 5.41) is 3.72. The molecule has 0 spiro atoms. The molecular weight excluding hydrogens is 240 g/mol. The quantitative estimate of drug-likeness (QED) is 0.766. The molecule has 0 aliphatic carbocycles. The zero-order valence-electron chi connectivity index (χ0n) is 6.49. The van der Waals surface area contributed by atoms with Crippen LogP contribution in [0.3, 0.4) is 0 Å². The van der Waals surface area contributed by atoms with Crippen molar-refractivity contribution in [3.05, 3.63) is 10.6 Å². The maximum absolute atomic E-state index is 5.09. The Balaban J connectivity index is 2.08. The summed E-state index contributed by atoms with van der Waals surface area (Å²) in [6, 6.07) is 0. The lowest BCUT2D eigenvalue weighted by molar-refractivity contribution is 0.343. The van der Waals surface area contributed by atoms with Gasteiger partial charge in [-0.2, -0.15) is 16.7 Å². The molecule has 66 valence electrons. The zero-order valence-corrected chi connectivity index (χ0v) is 8.90. The molecule has 0 radical (unpaired) electrons. The number of hydrogen-bond donors (Lipinski definition) is 0. The molecule has 0 N–H and O–H groups in total. The molecule has 1 fully saturated rings. The van der Waals surface area contributed by atoms with Gasteiger partial charge in [-0.15, -0.1) is 0 Å². The number of rotatable bonds is 1. The number of aromatic nitrogens is 2. The molecule has 2 heterocycles. The van der Waals surface area contributed by atoms with E-state index in [-0.39, 0.29) is 0 Å². The average Bonchev–Trinajstić information content (AvgIpc) is 2.54. The maximum Gasteiger partial charge on any atom is 0.238 e. The molecular formula is C7H9BrN2OS. The SMILES string of the molecule is Brc1noc(C2CCSCC2)n1. The Bertz CT molecular complexity index is 260. The van der Waals surface area contributed by atoms with E-state index < -0.39 is 0 Å². The monoisotopic (exact) mass is 248 g/mol. The van der Waals surface area contributed by atoms with Crippen molar-refractivity contribution in [2.24, 2.45) is 0 Å². The predicted octanol–water partition coefficient (Wildman–Crippen LogP) is 2.44. The normalized spacial score (nSPS) is 19.8. The van der Waals surface area contributed by atoms with Crippen molar-refractivity contribution in [2.45, 2.75) is 18.8 Å². The van der Waals surface area contributed by atoms with Crippen LogP contribution in [0.15, 0.2) is 9.26 Å². The van der Waals surface area contributed by atoms with Crippen LogP contribution in [0.4, 0.5) is 0 Å². The van der Waals surface area contributed by atoms with Gasteiger partial charge in [-0.25, -0.2) is 0 Å².